The maximum absolute atomic E-state index is 12.6. The number of rotatable bonds is 6. The van der Waals surface area contributed by atoms with Gasteiger partial charge in [-0.1, -0.05) is 34.5 Å². The van der Waals surface area contributed by atoms with Crippen LogP contribution in [0, 0.1) is 6.92 Å². The Labute approximate surface area is 192 Å². The molecule has 8 nitrogen and oxygen atoms in total. The van der Waals surface area contributed by atoms with Crippen LogP contribution in [0.2, 0.25) is 10.0 Å². The number of piperidine rings is 1. The molecule has 0 spiro atoms. The number of alkyl halides is 1. The normalized spacial score (nSPS) is 19.1. The van der Waals surface area contributed by atoms with Gasteiger partial charge in [-0.3, -0.25) is 4.79 Å². The molecule has 12 heteroatoms. The maximum Gasteiger partial charge on any atom is 0.350 e. The largest absolute Gasteiger partial charge is 0.465 e. The fraction of sp³-hybridized carbons (Fsp3) is 0.500. The minimum absolute atomic E-state index is 0.194. The summed E-state index contributed by atoms with van der Waals surface area (Å²) in [6.45, 7) is 3.00. The van der Waals surface area contributed by atoms with Gasteiger partial charge in [0.15, 0.2) is 5.13 Å². The van der Waals surface area contributed by atoms with Crippen molar-refractivity contribution in [1.29, 1.82) is 0 Å². The van der Waals surface area contributed by atoms with Crippen molar-refractivity contribution in [2.75, 3.05) is 32.2 Å². The molecule has 0 aromatic carbocycles. The first-order valence-electron chi connectivity index (χ1n) is 9.07. The summed E-state index contributed by atoms with van der Waals surface area (Å²) in [4.78, 5) is 34.4. The van der Waals surface area contributed by atoms with Crippen molar-refractivity contribution >= 4 is 63.1 Å². The number of aromatic amines is 1. The molecule has 1 fully saturated rings. The first-order chi connectivity index (χ1) is 14.3. The first kappa shape index (κ1) is 23.1. The third-order valence-corrected chi connectivity index (χ3v) is 7.28. The van der Waals surface area contributed by atoms with Crippen LogP contribution in [-0.2, 0) is 16.1 Å². The van der Waals surface area contributed by atoms with Crippen molar-refractivity contribution < 1.29 is 19.1 Å². The van der Waals surface area contributed by atoms with E-state index in [-0.39, 0.29) is 34.6 Å². The second kappa shape index (κ2) is 9.74. The number of methoxy groups -OCH3 is 2. The van der Waals surface area contributed by atoms with Crippen molar-refractivity contribution in [3.63, 3.8) is 0 Å². The SMILES string of the molecule is COCc1nc(N2CC[C@@H](NC(=O)c3[nH]c(C)c(Cl)c3Cl)[C@@H](Cl)C2)sc1C(=O)OC. The molecule has 3 rings (SSSR count). The molecule has 3 heterocycles. The molecule has 2 aromatic heterocycles. The number of thiazole rings is 1. The van der Waals surface area contributed by atoms with Crippen LogP contribution < -0.4 is 10.2 Å². The van der Waals surface area contributed by atoms with Gasteiger partial charge >= 0.3 is 5.97 Å². The van der Waals surface area contributed by atoms with Gasteiger partial charge in [0, 0.05) is 31.9 Å². The smallest absolute Gasteiger partial charge is 0.350 e. The summed E-state index contributed by atoms with van der Waals surface area (Å²) < 4.78 is 9.96. The third kappa shape index (κ3) is 4.70. The zero-order valence-corrected chi connectivity index (χ0v) is 19.6. The van der Waals surface area contributed by atoms with Gasteiger partial charge in [0.2, 0.25) is 0 Å². The number of ether oxygens (including phenoxy) is 2. The minimum atomic E-state index is -0.452. The fourth-order valence-corrected chi connectivity index (χ4v) is 4.97. The van der Waals surface area contributed by atoms with Crippen molar-refractivity contribution in [3.05, 3.63) is 32.0 Å². The molecular formula is C18H21Cl3N4O4S. The number of nitrogens with one attached hydrogen (secondary N) is 2. The number of halogens is 3. The van der Waals surface area contributed by atoms with E-state index >= 15 is 0 Å². The van der Waals surface area contributed by atoms with E-state index in [0.717, 1.165) is 0 Å². The molecule has 164 valence electrons. The Kier molecular flexibility index (Phi) is 7.52. The molecule has 0 bridgehead atoms. The summed E-state index contributed by atoms with van der Waals surface area (Å²) in [5.41, 5.74) is 1.37. The molecular weight excluding hydrogens is 475 g/mol. The zero-order chi connectivity index (χ0) is 22.0. The highest BCUT2D eigenvalue weighted by atomic mass is 35.5. The lowest BCUT2D eigenvalue weighted by Gasteiger charge is -2.35. The van der Waals surface area contributed by atoms with Crippen LogP contribution in [0.4, 0.5) is 5.13 Å². The number of amides is 1. The van der Waals surface area contributed by atoms with Crippen molar-refractivity contribution in [3.8, 4) is 0 Å². The highest BCUT2D eigenvalue weighted by molar-refractivity contribution is 7.17. The summed E-state index contributed by atoms with van der Waals surface area (Å²) in [5, 5.41) is 3.73. The number of esters is 1. The number of H-pyrrole nitrogens is 1. The lowest BCUT2D eigenvalue weighted by atomic mass is 10.0. The van der Waals surface area contributed by atoms with Gasteiger partial charge in [0.25, 0.3) is 5.91 Å². The van der Waals surface area contributed by atoms with E-state index in [0.29, 0.717) is 45.9 Å². The molecule has 0 saturated carbocycles. The standard InChI is InChI=1S/C18H21Cl3N4O4S/c1-8-12(20)13(21)14(22-8)16(26)23-10-4-5-25(6-9(10)19)18-24-11(7-28-2)15(30-18)17(27)29-3/h9-10,22H,4-7H2,1-3H3,(H,23,26)/t9-,10+/m0/s1. The number of aryl methyl sites for hydroxylation is 1. The summed E-state index contributed by atoms with van der Waals surface area (Å²) >= 11 is 20.0. The molecule has 1 amide bonds. The maximum atomic E-state index is 12.6. The highest BCUT2D eigenvalue weighted by Crippen LogP contribution is 2.32. The van der Waals surface area contributed by atoms with Crippen LogP contribution in [0.5, 0.6) is 0 Å². The summed E-state index contributed by atoms with van der Waals surface area (Å²) in [6.07, 6.45) is 0.595. The molecule has 2 aromatic rings. The topological polar surface area (TPSA) is 96.5 Å². The number of aromatic nitrogens is 2. The summed E-state index contributed by atoms with van der Waals surface area (Å²) in [6, 6.07) is -0.257. The van der Waals surface area contributed by atoms with Crippen molar-refractivity contribution in [1.82, 2.24) is 15.3 Å². The Morgan fingerprint density at radius 1 is 1.33 bits per heavy atom. The van der Waals surface area contributed by atoms with Gasteiger partial charge in [0.05, 0.1) is 34.8 Å². The number of carbonyl (C=O) groups is 2. The van der Waals surface area contributed by atoms with Gasteiger partial charge in [-0.05, 0) is 13.3 Å². The van der Waals surface area contributed by atoms with E-state index in [1.807, 2.05) is 4.90 Å². The van der Waals surface area contributed by atoms with E-state index in [1.54, 1.807) is 6.92 Å². The highest BCUT2D eigenvalue weighted by Gasteiger charge is 2.32. The fourth-order valence-electron chi connectivity index (χ4n) is 3.17. The van der Waals surface area contributed by atoms with Crippen molar-refractivity contribution in [2.45, 2.75) is 31.4 Å². The Morgan fingerprint density at radius 2 is 2.07 bits per heavy atom. The molecule has 30 heavy (non-hydrogen) atoms. The van der Waals surface area contributed by atoms with E-state index in [4.69, 9.17) is 44.3 Å². The number of hydrogen-bond acceptors (Lipinski definition) is 7. The van der Waals surface area contributed by atoms with Crippen LogP contribution in [0.3, 0.4) is 0 Å². The Balaban J connectivity index is 1.68. The quantitative estimate of drug-likeness (QED) is 0.469. The van der Waals surface area contributed by atoms with Crippen LogP contribution in [0.1, 0.15) is 38.0 Å². The molecule has 1 aliphatic rings. The first-order valence-corrected chi connectivity index (χ1v) is 11.1. The van der Waals surface area contributed by atoms with Crippen LogP contribution >= 0.6 is 46.1 Å². The average molecular weight is 496 g/mol. The average Bonchev–Trinajstić information content (AvgIpc) is 3.26. The number of anilines is 1. The van der Waals surface area contributed by atoms with Crippen LogP contribution in [0.15, 0.2) is 0 Å². The molecule has 0 unspecified atom stereocenters. The molecule has 1 saturated heterocycles. The van der Waals surface area contributed by atoms with E-state index in [2.05, 4.69) is 15.3 Å². The molecule has 1 aliphatic heterocycles. The number of carbonyl (C=O) groups excluding carboxylic acids is 2. The third-order valence-electron chi connectivity index (χ3n) is 4.75. The lowest BCUT2D eigenvalue weighted by Crippen LogP contribution is -2.52. The van der Waals surface area contributed by atoms with Gasteiger partial charge in [-0.2, -0.15) is 0 Å². The summed E-state index contributed by atoms with van der Waals surface area (Å²) in [7, 11) is 2.86. The number of nitrogens with zero attached hydrogens (tertiary/aromatic N) is 2. The molecule has 0 aliphatic carbocycles. The molecule has 0 radical (unpaired) electrons. The van der Waals surface area contributed by atoms with E-state index in [9.17, 15) is 9.59 Å². The minimum Gasteiger partial charge on any atom is -0.465 e. The van der Waals surface area contributed by atoms with Gasteiger partial charge < -0.3 is 24.7 Å². The Morgan fingerprint density at radius 3 is 2.63 bits per heavy atom. The van der Waals surface area contributed by atoms with Gasteiger partial charge in [0.1, 0.15) is 10.6 Å². The second-order valence-corrected chi connectivity index (χ2v) is 9.07. The van der Waals surface area contributed by atoms with E-state index in [1.165, 1.54) is 25.6 Å². The summed E-state index contributed by atoms with van der Waals surface area (Å²) in [5.74, 6) is -0.809. The lowest BCUT2D eigenvalue weighted by molar-refractivity contribution is 0.0601. The molecule has 2 atom stereocenters. The predicted molar refractivity (Wildman–Crippen MR) is 117 cm³/mol. The van der Waals surface area contributed by atoms with Crippen LogP contribution in [0.25, 0.3) is 0 Å². The Hall–Kier alpha value is -1.52. The Bertz CT molecular complexity index is 948. The van der Waals surface area contributed by atoms with E-state index < -0.39 is 5.97 Å². The van der Waals surface area contributed by atoms with Crippen molar-refractivity contribution in [2.24, 2.45) is 0 Å². The molecule has 2 N–H and O–H groups in total. The second-order valence-electron chi connectivity index (χ2n) is 6.78. The zero-order valence-electron chi connectivity index (χ0n) is 16.6. The van der Waals surface area contributed by atoms with Gasteiger partial charge in [-0.25, -0.2) is 9.78 Å². The van der Waals surface area contributed by atoms with Gasteiger partial charge in [-0.15, -0.1) is 11.6 Å². The van der Waals surface area contributed by atoms with Crippen LogP contribution in [-0.4, -0.2) is 60.6 Å². The monoisotopic (exact) mass is 494 g/mol. The number of hydrogen-bond donors (Lipinski definition) is 2. The predicted octanol–water partition coefficient (Wildman–Crippen LogP) is 3.64.